The lowest BCUT2D eigenvalue weighted by Crippen LogP contribution is -2.12. The molecule has 23 heavy (non-hydrogen) atoms. The molecule has 0 saturated carbocycles. The highest BCUT2D eigenvalue weighted by molar-refractivity contribution is 7.09. The molecule has 5 heteroatoms. The largest absolute Gasteiger partial charge is 0.493 e. The maximum absolute atomic E-state index is 5.61. The Labute approximate surface area is 142 Å². The molecule has 0 fully saturated rings. The van der Waals surface area contributed by atoms with E-state index < -0.39 is 0 Å². The van der Waals surface area contributed by atoms with Gasteiger partial charge in [0.1, 0.15) is 0 Å². The first kappa shape index (κ1) is 17.8. The van der Waals surface area contributed by atoms with Gasteiger partial charge < -0.3 is 14.8 Å². The zero-order chi connectivity index (χ0) is 17.0. The van der Waals surface area contributed by atoms with Crippen molar-refractivity contribution in [2.24, 2.45) is 0 Å². The summed E-state index contributed by atoms with van der Waals surface area (Å²) >= 11 is 1.68. The second kappa shape index (κ2) is 7.32. The van der Waals surface area contributed by atoms with E-state index in [1.807, 2.05) is 7.05 Å². The van der Waals surface area contributed by atoms with Crippen molar-refractivity contribution in [1.29, 1.82) is 0 Å². The number of likely N-dealkylation sites (N-methyl/N-ethyl adjacent to an activating group) is 1. The number of ether oxygens (including phenoxy) is 2. The molecule has 1 N–H and O–H groups in total. The zero-order valence-corrected chi connectivity index (χ0v) is 15.6. The van der Waals surface area contributed by atoms with Crippen molar-refractivity contribution < 1.29 is 9.47 Å². The highest BCUT2D eigenvalue weighted by Crippen LogP contribution is 2.42. The zero-order valence-electron chi connectivity index (χ0n) is 14.8. The molecule has 0 aliphatic rings. The Morgan fingerprint density at radius 3 is 2.48 bits per heavy atom. The van der Waals surface area contributed by atoms with Crippen LogP contribution >= 0.6 is 11.3 Å². The van der Waals surface area contributed by atoms with Crippen molar-refractivity contribution in [2.45, 2.75) is 32.6 Å². The molecular formula is C18H26N2O2S. The van der Waals surface area contributed by atoms with Crippen LogP contribution < -0.4 is 14.8 Å². The SMILES string of the molecule is CNCCc1nc(-c2cc(C(C)(C)C)cc(OC)c2OC)cs1. The Kier molecular flexibility index (Phi) is 5.65. The van der Waals surface area contributed by atoms with Crippen LogP contribution in [0.4, 0.5) is 0 Å². The van der Waals surface area contributed by atoms with Crippen LogP contribution in [0, 0.1) is 0 Å². The average molecular weight is 334 g/mol. The summed E-state index contributed by atoms with van der Waals surface area (Å²) in [5, 5.41) is 6.37. The third-order valence-electron chi connectivity index (χ3n) is 3.76. The van der Waals surface area contributed by atoms with Crippen molar-refractivity contribution in [3.63, 3.8) is 0 Å². The first-order valence-electron chi connectivity index (χ1n) is 7.76. The van der Waals surface area contributed by atoms with Crippen LogP contribution in [-0.4, -0.2) is 32.8 Å². The van der Waals surface area contributed by atoms with Gasteiger partial charge in [0.25, 0.3) is 0 Å². The van der Waals surface area contributed by atoms with Crippen LogP contribution in [0.3, 0.4) is 0 Å². The molecule has 2 rings (SSSR count). The summed E-state index contributed by atoms with van der Waals surface area (Å²) < 4.78 is 11.2. The summed E-state index contributed by atoms with van der Waals surface area (Å²) in [6.07, 6.45) is 0.930. The molecule has 0 amide bonds. The quantitative estimate of drug-likeness (QED) is 0.870. The number of nitrogens with one attached hydrogen (secondary N) is 1. The Balaban J connectivity index is 2.52. The van der Waals surface area contributed by atoms with Crippen molar-refractivity contribution in [2.75, 3.05) is 27.8 Å². The maximum Gasteiger partial charge on any atom is 0.170 e. The van der Waals surface area contributed by atoms with Crippen LogP contribution in [0.25, 0.3) is 11.3 Å². The number of methoxy groups -OCH3 is 2. The molecule has 1 heterocycles. The number of aromatic nitrogens is 1. The molecule has 0 saturated heterocycles. The predicted octanol–water partition coefficient (Wildman–Crippen LogP) is 3.89. The Morgan fingerprint density at radius 1 is 1.17 bits per heavy atom. The molecule has 126 valence electrons. The number of nitrogens with zero attached hydrogens (tertiary/aromatic N) is 1. The summed E-state index contributed by atoms with van der Waals surface area (Å²) in [6.45, 7) is 7.50. The molecular weight excluding hydrogens is 308 g/mol. The molecule has 4 nitrogen and oxygen atoms in total. The smallest absolute Gasteiger partial charge is 0.170 e. The van der Waals surface area contributed by atoms with Gasteiger partial charge in [0.05, 0.1) is 24.9 Å². The van der Waals surface area contributed by atoms with Crippen LogP contribution in [0.1, 0.15) is 31.3 Å². The van der Waals surface area contributed by atoms with E-state index >= 15 is 0 Å². The molecule has 0 atom stereocenters. The summed E-state index contributed by atoms with van der Waals surface area (Å²) in [5.41, 5.74) is 3.17. The molecule has 0 spiro atoms. The monoisotopic (exact) mass is 334 g/mol. The lowest BCUT2D eigenvalue weighted by molar-refractivity contribution is 0.354. The van der Waals surface area contributed by atoms with Gasteiger partial charge >= 0.3 is 0 Å². The lowest BCUT2D eigenvalue weighted by Gasteiger charge is -2.22. The minimum absolute atomic E-state index is 0.0271. The number of rotatable bonds is 6. The van der Waals surface area contributed by atoms with Crippen molar-refractivity contribution >= 4 is 11.3 Å². The van der Waals surface area contributed by atoms with Crippen molar-refractivity contribution in [3.05, 3.63) is 28.1 Å². The summed E-state index contributed by atoms with van der Waals surface area (Å²) in [4.78, 5) is 4.77. The number of hydrogen-bond acceptors (Lipinski definition) is 5. The van der Waals surface area contributed by atoms with Crippen LogP contribution in [0.2, 0.25) is 0 Å². The van der Waals surface area contributed by atoms with E-state index in [1.165, 1.54) is 5.56 Å². The third-order valence-corrected chi connectivity index (χ3v) is 4.67. The van der Waals surface area contributed by atoms with Gasteiger partial charge in [0.15, 0.2) is 11.5 Å². The molecule has 2 aromatic rings. The molecule has 0 radical (unpaired) electrons. The fourth-order valence-electron chi connectivity index (χ4n) is 2.37. The van der Waals surface area contributed by atoms with E-state index in [1.54, 1.807) is 25.6 Å². The van der Waals surface area contributed by atoms with Gasteiger partial charge in [-0.1, -0.05) is 20.8 Å². The van der Waals surface area contributed by atoms with Crippen LogP contribution in [0.5, 0.6) is 11.5 Å². The predicted molar refractivity (Wildman–Crippen MR) is 97.0 cm³/mol. The standard InChI is InChI=1S/C18H26N2O2S/c1-18(2,3)12-9-13(17(22-6)15(10-12)21-5)14-11-23-16(20-14)7-8-19-4/h9-11,19H,7-8H2,1-6H3. The molecule has 0 aliphatic heterocycles. The van der Waals surface area contributed by atoms with Gasteiger partial charge in [-0.15, -0.1) is 11.3 Å². The number of hydrogen-bond donors (Lipinski definition) is 1. The summed E-state index contributed by atoms with van der Waals surface area (Å²) in [5.74, 6) is 1.49. The Hall–Kier alpha value is -1.59. The van der Waals surface area contributed by atoms with Gasteiger partial charge in [0.2, 0.25) is 0 Å². The van der Waals surface area contributed by atoms with E-state index in [2.05, 4.69) is 43.6 Å². The first-order valence-corrected chi connectivity index (χ1v) is 8.64. The molecule has 1 aromatic heterocycles. The van der Waals surface area contributed by atoms with E-state index in [0.29, 0.717) is 0 Å². The highest BCUT2D eigenvalue weighted by atomic mass is 32.1. The molecule has 0 unspecified atom stereocenters. The fourth-order valence-corrected chi connectivity index (χ4v) is 3.17. The average Bonchev–Trinajstić information content (AvgIpc) is 2.99. The Bertz CT molecular complexity index is 660. The molecule has 0 aliphatic carbocycles. The van der Waals surface area contributed by atoms with E-state index in [4.69, 9.17) is 14.5 Å². The van der Waals surface area contributed by atoms with Gasteiger partial charge in [0, 0.05) is 23.9 Å². The Morgan fingerprint density at radius 2 is 1.91 bits per heavy atom. The normalized spacial score (nSPS) is 11.6. The van der Waals surface area contributed by atoms with E-state index in [0.717, 1.165) is 40.7 Å². The van der Waals surface area contributed by atoms with Gasteiger partial charge in [-0.3, -0.25) is 0 Å². The van der Waals surface area contributed by atoms with Gasteiger partial charge in [-0.25, -0.2) is 4.98 Å². The molecule has 0 bridgehead atoms. The third kappa shape index (κ3) is 4.03. The van der Waals surface area contributed by atoms with Gasteiger partial charge in [-0.2, -0.15) is 0 Å². The maximum atomic E-state index is 5.61. The second-order valence-electron chi connectivity index (χ2n) is 6.49. The first-order chi connectivity index (χ1) is 10.9. The van der Waals surface area contributed by atoms with Crippen LogP contribution in [-0.2, 0) is 11.8 Å². The lowest BCUT2D eigenvalue weighted by atomic mass is 9.85. The van der Waals surface area contributed by atoms with Crippen LogP contribution in [0.15, 0.2) is 17.5 Å². The van der Waals surface area contributed by atoms with Crippen molar-refractivity contribution in [3.8, 4) is 22.8 Å². The second-order valence-corrected chi connectivity index (χ2v) is 7.43. The number of thiazole rings is 1. The minimum Gasteiger partial charge on any atom is -0.493 e. The topological polar surface area (TPSA) is 43.4 Å². The van der Waals surface area contributed by atoms with E-state index in [-0.39, 0.29) is 5.41 Å². The molecule has 1 aromatic carbocycles. The highest BCUT2D eigenvalue weighted by Gasteiger charge is 2.22. The van der Waals surface area contributed by atoms with Gasteiger partial charge in [-0.05, 0) is 30.2 Å². The fraction of sp³-hybridized carbons (Fsp3) is 0.500. The minimum atomic E-state index is 0.0271. The summed E-state index contributed by atoms with van der Waals surface area (Å²) in [6, 6.07) is 4.22. The summed E-state index contributed by atoms with van der Waals surface area (Å²) in [7, 11) is 5.30. The number of benzene rings is 1. The van der Waals surface area contributed by atoms with Crippen molar-refractivity contribution in [1.82, 2.24) is 10.3 Å². The van der Waals surface area contributed by atoms with E-state index in [9.17, 15) is 0 Å².